The summed E-state index contributed by atoms with van der Waals surface area (Å²) in [4.78, 5) is 35.7. The molecule has 1 atom stereocenters. The van der Waals surface area contributed by atoms with Crippen molar-refractivity contribution < 1.29 is 9.59 Å². The molecule has 4 rings (SSSR count). The van der Waals surface area contributed by atoms with Gasteiger partial charge in [0.1, 0.15) is 5.82 Å². The molecule has 0 aromatic carbocycles. The Kier molecular flexibility index (Phi) is 5.80. The fourth-order valence-electron chi connectivity index (χ4n) is 4.54. The van der Waals surface area contributed by atoms with Crippen LogP contribution in [0.25, 0.3) is 0 Å². The van der Waals surface area contributed by atoms with E-state index in [1.54, 1.807) is 18.3 Å². The number of likely N-dealkylation sites (tertiary alicyclic amines) is 1. The Hall–Kier alpha value is -1.83. The van der Waals surface area contributed by atoms with E-state index in [2.05, 4.69) is 20.1 Å². The number of carbonyl (C=O) groups is 2. The Labute approximate surface area is 160 Å². The number of imide groups is 1. The lowest BCUT2D eigenvalue weighted by molar-refractivity contribution is -0.134. The molecule has 1 aromatic heterocycles. The van der Waals surface area contributed by atoms with Crippen molar-refractivity contribution in [2.45, 2.75) is 31.7 Å². The topological polar surface area (TPSA) is 68.8 Å². The number of nitrogens with one attached hydrogen (secondary N) is 1. The van der Waals surface area contributed by atoms with Crippen LogP contribution in [0, 0.1) is 5.92 Å². The molecule has 1 N–H and O–H groups in total. The van der Waals surface area contributed by atoms with Crippen LogP contribution in [0.3, 0.4) is 0 Å². The summed E-state index contributed by atoms with van der Waals surface area (Å²) in [5, 5.41) is 3.40. The Morgan fingerprint density at radius 3 is 2.52 bits per heavy atom. The van der Waals surface area contributed by atoms with Crippen LogP contribution in [-0.4, -0.2) is 78.5 Å². The lowest BCUT2D eigenvalue weighted by Crippen LogP contribution is -2.57. The van der Waals surface area contributed by atoms with Crippen molar-refractivity contribution >= 4 is 17.6 Å². The maximum Gasteiger partial charge on any atom is 0.252 e. The third-order valence-electron chi connectivity index (χ3n) is 6.08. The SMILES string of the molecule is O=C1CCC(N2CCC(CN3CCNCC3)CC2)C(=O)N1c1ccccn1. The van der Waals surface area contributed by atoms with Gasteiger partial charge in [0.2, 0.25) is 5.91 Å². The van der Waals surface area contributed by atoms with Crippen molar-refractivity contribution in [3.8, 4) is 0 Å². The van der Waals surface area contributed by atoms with Gasteiger partial charge in [0.05, 0.1) is 6.04 Å². The number of piperazine rings is 1. The van der Waals surface area contributed by atoms with E-state index in [0.29, 0.717) is 24.6 Å². The summed E-state index contributed by atoms with van der Waals surface area (Å²) in [6.07, 6.45) is 4.93. The summed E-state index contributed by atoms with van der Waals surface area (Å²) < 4.78 is 0. The molecule has 2 amide bonds. The van der Waals surface area contributed by atoms with Crippen molar-refractivity contribution in [3.05, 3.63) is 24.4 Å². The van der Waals surface area contributed by atoms with Crippen molar-refractivity contribution in [2.24, 2.45) is 5.92 Å². The lowest BCUT2D eigenvalue weighted by atomic mass is 9.92. The summed E-state index contributed by atoms with van der Waals surface area (Å²) in [6.45, 7) is 7.52. The fourth-order valence-corrected chi connectivity index (χ4v) is 4.54. The zero-order valence-corrected chi connectivity index (χ0v) is 15.8. The molecule has 3 aliphatic heterocycles. The van der Waals surface area contributed by atoms with Crippen LogP contribution in [0.5, 0.6) is 0 Å². The molecule has 3 saturated heterocycles. The number of piperidine rings is 2. The first-order valence-electron chi connectivity index (χ1n) is 10.2. The number of hydrogen-bond acceptors (Lipinski definition) is 6. The second-order valence-corrected chi connectivity index (χ2v) is 7.84. The normalized spacial score (nSPS) is 26.5. The van der Waals surface area contributed by atoms with Crippen molar-refractivity contribution in [3.63, 3.8) is 0 Å². The monoisotopic (exact) mass is 371 g/mol. The molecule has 7 nitrogen and oxygen atoms in total. The minimum atomic E-state index is -0.190. The number of hydrogen-bond donors (Lipinski definition) is 1. The predicted molar refractivity (Wildman–Crippen MR) is 103 cm³/mol. The average Bonchev–Trinajstić information content (AvgIpc) is 2.71. The molecule has 27 heavy (non-hydrogen) atoms. The molecule has 0 spiro atoms. The Morgan fingerprint density at radius 2 is 1.81 bits per heavy atom. The lowest BCUT2D eigenvalue weighted by Gasteiger charge is -2.41. The molecule has 0 saturated carbocycles. The predicted octanol–water partition coefficient (Wildman–Crippen LogP) is 0.721. The molecule has 146 valence electrons. The molecule has 3 aliphatic rings. The van der Waals surface area contributed by atoms with E-state index in [9.17, 15) is 9.59 Å². The fraction of sp³-hybridized carbons (Fsp3) is 0.650. The van der Waals surface area contributed by atoms with Crippen LogP contribution in [-0.2, 0) is 9.59 Å². The van der Waals surface area contributed by atoms with E-state index in [1.807, 2.05) is 6.07 Å². The number of nitrogens with zero attached hydrogens (tertiary/aromatic N) is 4. The largest absolute Gasteiger partial charge is 0.314 e. The van der Waals surface area contributed by atoms with E-state index in [-0.39, 0.29) is 17.9 Å². The maximum atomic E-state index is 13.0. The van der Waals surface area contributed by atoms with E-state index in [1.165, 1.54) is 11.4 Å². The molecule has 1 unspecified atom stereocenters. The first-order chi connectivity index (χ1) is 13.2. The Morgan fingerprint density at radius 1 is 1.04 bits per heavy atom. The van der Waals surface area contributed by atoms with Crippen LogP contribution < -0.4 is 10.2 Å². The minimum absolute atomic E-state index is 0.106. The van der Waals surface area contributed by atoms with Crippen LogP contribution in [0.4, 0.5) is 5.82 Å². The van der Waals surface area contributed by atoms with Gasteiger partial charge in [-0.3, -0.25) is 14.5 Å². The highest BCUT2D eigenvalue weighted by atomic mass is 16.2. The van der Waals surface area contributed by atoms with E-state index >= 15 is 0 Å². The Bertz CT molecular complexity index is 654. The van der Waals surface area contributed by atoms with Gasteiger partial charge in [0.15, 0.2) is 0 Å². The molecular formula is C20H29N5O2. The van der Waals surface area contributed by atoms with Crippen LogP contribution in [0.2, 0.25) is 0 Å². The van der Waals surface area contributed by atoms with Crippen molar-refractivity contribution in [1.29, 1.82) is 0 Å². The number of pyridine rings is 1. The smallest absolute Gasteiger partial charge is 0.252 e. The number of rotatable bonds is 4. The van der Waals surface area contributed by atoms with Gasteiger partial charge in [-0.05, 0) is 50.4 Å². The van der Waals surface area contributed by atoms with Gasteiger partial charge in [-0.15, -0.1) is 0 Å². The maximum absolute atomic E-state index is 13.0. The molecule has 0 aliphatic carbocycles. The number of amides is 2. The third-order valence-corrected chi connectivity index (χ3v) is 6.08. The zero-order chi connectivity index (χ0) is 18.6. The summed E-state index contributed by atoms with van der Waals surface area (Å²) in [7, 11) is 0. The average molecular weight is 371 g/mol. The molecule has 3 fully saturated rings. The van der Waals surface area contributed by atoms with E-state index in [0.717, 1.165) is 52.1 Å². The molecule has 1 aromatic rings. The van der Waals surface area contributed by atoms with Gasteiger partial charge in [0, 0.05) is 45.3 Å². The second-order valence-electron chi connectivity index (χ2n) is 7.84. The molecule has 7 heteroatoms. The third kappa shape index (κ3) is 4.20. The van der Waals surface area contributed by atoms with Gasteiger partial charge in [-0.2, -0.15) is 0 Å². The van der Waals surface area contributed by atoms with Gasteiger partial charge in [-0.25, -0.2) is 9.88 Å². The minimum Gasteiger partial charge on any atom is -0.314 e. The second kappa shape index (κ2) is 8.46. The Balaban J connectivity index is 1.35. The highest BCUT2D eigenvalue weighted by Gasteiger charge is 2.40. The van der Waals surface area contributed by atoms with Gasteiger partial charge < -0.3 is 10.2 Å². The zero-order valence-electron chi connectivity index (χ0n) is 15.8. The molecule has 4 heterocycles. The van der Waals surface area contributed by atoms with Gasteiger partial charge >= 0.3 is 0 Å². The van der Waals surface area contributed by atoms with E-state index < -0.39 is 0 Å². The van der Waals surface area contributed by atoms with Crippen LogP contribution in [0.15, 0.2) is 24.4 Å². The number of aromatic nitrogens is 1. The first kappa shape index (κ1) is 18.5. The van der Waals surface area contributed by atoms with Crippen LogP contribution >= 0.6 is 0 Å². The molecular weight excluding hydrogens is 342 g/mol. The van der Waals surface area contributed by atoms with Gasteiger partial charge in [0.25, 0.3) is 5.91 Å². The number of carbonyl (C=O) groups excluding carboxylic acids is 2. The van der Waals surface area contributed by atoms with Gasteiger partial charge in [-0.1, -0.05) is 6.07 Å². The molecule has 0 bridgehead atoms. The first-order valence-corrected chi connectivity index (χ1v) is 10.2. The van der Waals surface area contributed by atoms with Crippen molar-refractivity contribution in [2.75, 3.05) is 50.7 Å². The van der Waals surface area contributed by atoms with Crippen molar-refractivity contribution in [1.82, 2.24) is 20.1 Å². The highest BCUT2D eigenvalue weighted by Crippen LogP contribution is 2.27. The van der Waals surface area contributed by atoms with Crippen LogP contribution in [0.1, 0.15) is 25.7 Å². The highest BCUT2D eigenvalue weighted by molar-refractivity contribution is 6.17. The number of anilines is 1. The molecule has 0 radical (unpaired) electrons. The summed E-state index contributed by atoms with van der Waals surface area (Å²) in [5.74, 6) is 0.923. The quantitative estimate of drug-likeness (QED) is 0.787. The summed E-state index contributed by atoms with van der Waals surface area (Å²) >= 11 is 0. The summed E-state index contributed by atoms with van der Waals surface area (Å²) in [6, 6.07) is 5.15. The van der Waals surface area contributed by atoms with E-state index in [4.69, 9.17) is 0 Å². The summed E-state index contributed by atoms with van der Waals surface area (Å²) in [5.41, 5.74) is 0. The standard InChI is InChI=1S/C20H29N5O2/c26-19-5-4-17(20(27)25(19)18-3-1-2-8-22-18)24-11-6-16(7-12-24)15-23-13-9-21-10-14-23/h1-3,8,16-17,21H,4-7,9-15H2.